The Kier molecular flexibility index (Phi) is 4.95. The molecule has 1 fully saturated rings. The van der Waals surface area contributed by atoms with E-state index in [0.29, 0.717) is 0 Å². The van der Waals surface area contributed by atoms with Crippen molar-refractivity contribution in [1.82, 2.24) is 14.8 Å². The zero-order valence-corrected chi connectivity index (χ0v) is 16.6. The van der Waals surface area contributed by atoms with Gasteiger partial charge in [-0.3, -0.25) is 14.8 Å². The molecule has 1 saturated heterocycles. The van der Waals surface area contributed by atoms with Crippen molar-refractivity contribution in [2.75, 3.05) is 26.2 Å². The van der Waals surface area contributed by atoms with Gasteiger partial charge in [-0.15, -0.1) is 0 Å². The molecule has 4 nitrogen and oxygen atoms in total. The van der Waals surface area contributed by atoms with E-state index in [9.17, 15) is 0 Å². The average Bonchev–Trinajstić information content (AvgIpc) is 3.39. The smallest absolute Gasteiger partial charge is 0.134 e. The molecule has 142 valence electrons. The molecule has 0 aliphatic carbocycles. The summed E-state index contributed by atoms with van der Waals surface area (Å²) in [7, 11) is 0. The predicted octanol–water partition coefficient (Wildman–Crippen LogP) is 4.87. The molecule has 0 atom stereocenters. The second kappa shape index (κ2) is 7.87. The maximum atomic E-state index is 6.10. The van der Waals surface area contributed by atoms with Gasteiger partial charge >= 0.3 is 0 Å². The maximum absolute atomic E-state index is 6.10. The molecule has 5 rings (SSSR count). The fraction of sp³-hybridized carbons (Fsp3) is 0.261. The van der Waals surface area contributed by atoms with Crippen LogP contribution in [0.25, 0.3) is 22.1 Å². The Morgan fingerprint density at radius 3 is 2.54 bits per heavy atom. The summed E-state index contributed by atoms with van der Waals surface area (Å²) in [4.78, 5) is 9.20. The quantitative estimate of drug-likeness (QED) is 0.487. The summed E-state index contributed by atoms with van der Waals surface area (Å²) >= 11 is 1.73. The van der Waals surface area contributed by atoms with Crippen LogP contribution in [0, 0.1) is 0 Å². The van der Waals surface area contributed by atoms with E-state index in [1.165, 1.54) is 22.1 Å². The van der Waals surface area contributed by atoms with Crippen LogP contribution in [0.3, 0.4) is 0 Å². The summed E-state index contributed by atoms with van der Waals surface area (Å²) in [6.45, 7) is 6.16. The monoisotopic (exact) mass is 389 g/mol. The number of pyridine rings is 1. The molecule has 0 saturated carbocycles. The van der Waals surface area contributed by atoms with Crippen molar-refractivity contribution >= 4 is 22.3 Å². The molecule has 1 aromatic carbocycles. The van der Waals surface area contributed by atoms with Crippen molar-refractivity contribution in [3.63, 3.8) is 0 Å². The zero-order valence-electron chi connectivity index (χ0n) is 15.8. The summed E-state index contributed by atoms with van der Waals surface area (Å²) in [5.41, 5.74) is 4.79. The first-order valence-corrected chi connectivity index (χ1v) is 10.7. The molecule has 0 bridgehead atoms. The third-order valence-electron chi connectivity index (χ3n) is 5.40. The number of thiophene rings is 1. The van der Waals surface area contributed by atoms with E-state index in [1.807, 2.05) is 18.5 Å². The Morgan fingerprint density at radius 1 is 0.929 bits per heavy atom. The molecular formula is C23H23N3OS. The fourth-order valence-electron chi connectivity index (χ4n) is 3.86. The van der Waals surface area contributed by atoms with Gasteiger partial charge in [0.2, 0.25) is 0 Å². The van der Waals surface area contributed by atoms with Gasteiger partial charge in [-0.05, 0) is 57.8 Å². The van der Waals surface area contributed by atoms with Crippen molar-refractivity contribution in [3.8, 4) is 11.1 Å². The first-order valence-electron chi connectivity index (χ1n) is 9.72. The summed E-state index contributed by atoms with van der Waals surface area (Å²) in [6.07, 6.45) is 3.79. The normalized spacial score (nSPS) is 16.0. The van der Waals surface area contributed by atoms with Crippen LogP contribution in [-0.2, 0) is 13.1 Å². The highest BCUT2D eigenvalue weighted by Gasteiger charge is 2.18. The first-order chi connectivity index (χ1) is 13.8. The molecule has 4 heterocycles. The molecule has 0 spiro atoms. The minimum absolute atomic E-state index is 0.878. The predicted molar refractivity (Wildman–Crippen MR) is 114 cm³/mol. The number of benzene rings is 1. The number of furan rings is 1. The number of piperazine rings is 1. The Morgan fingerprint density at radius 2 is 1.79 bits per heavy atom. The second-order valence-corrected chi connectivity index (χ2v) is 8.17. The molecule has 0 unspecified atom stereocenters. The minimum Gasteiger partial charge on any atom is -0.460 e. The lowest BCUT2D eigenvalue weighted by atomic mass is 10.1. The second-order valence-electron chi connectivity index (χ2n) is 7.39. The van der Waals surface area contributed by atoms with Crippen LogP contribution >= 0.6 is 11.3 Å². The van der Waals surface area contributed by atoms with Gasteiger partial charge in [0, 0.05) is 50.5 Å². The van der Waals surface area contributed by atoms with Gasteiger partial charge in [-0.1, -0.05) is 12.1 Å². The number of fused-ring (bicyclic) bond motifs is 1. The lowest BCUT2D eigenvalue weighted by molar-refractivity contribution is 0.116. The van der Waals surface area contributed by atoms with Crippen LogP contribution in [0.1, 0.15) is 11.3 Å². The summed E-state index contributed by atoms with van der Waals surface area (Å²) in [6, 6.07) is 15.0. The van der Waals surface area contributed by atoms with E-state index in [0.717, 1.165) is 50.6 Å². The van der Waals surface area contributed by atoms with Gasteiger partial charge in [0.05, 0.1) is 6.54 Å². The Hall–Kier alpha value is -2.47. The van der Waals surface area contributed by atoms with Crippen molar-refractivity contribution in [1.29, 1.82) is 0 Å². The zero-order chi connectivity index (χ0) is 18.8. The molecule has 3 aromatic heterocycles. The lowest BCUT2D eigenvalue weighted by Crippen LogP contribution is -2.45. The molecular weight excluding hydrogens is 366 g/mol. The molecule has 5 heteroatoms. The summed E-state index contributed by atoms with van der Waals surface area (Å²) in [5, 5.41) is 5.50. The summed E-state index contributed by atoms with van der Waals surface area (Å²) in [5.74, 6) is 1.05. The topological polar surface area (TPSA) is 32.5 Å². The van der Waals surface area contributed by atoms with Crippen LogP contribution in [0.15, 0.2) is 70.0 Å². The number of hydrogen-bond acceptors (Lipinski definition) is 5. The van der Waals surface area contributed by atoms with E-state index < -0.39 is 0 Å². The van der Waals surface area contributed by atoms with Crippen LogP contribution < -0.4 is 0 Å². The highest BCUT2D eigenvalue weighted by atomic mass is 32.1. The molecule has 4 aromatic rings. The van der Waals surface area contributed by atoms with E-state index in [4.69, 9.17) is 4.42 Å². The molecule has 0 amide bonds. The third-order valence-corrected chi connectivity index (χ3v) is 6.08. The van der Waals surface area contributed by atoms with Gasteiger partial charge in [-0.25, -0.2) is 0 Å². The van der Waals surface area contributed by atoms with E-state index in [2.05, 4.69) is 61.9 Å². The highest BCUT2D eigenvalue weighted by Crippen LogP contribution is 2.28. The van der Waals surface area contributed by atoms with Crippen molar-refractivity contribution in [3.05, 3.63) is 76.9 Å². The van der Waals surface area contributed by atoms with Crippen molar-refractivity contribution in [2.45, 2.75) is 13.1 Å². The SMILES string of the molecule is c1cncc(CN2CCN(Cc3cc4cc(-c5ccsc5)ccc4o3)CC2)c1. The highest BCUT2D eigenvalue weighted by molar-refractivity contribution is 7.08. The number of nitrogens with zero attached hydrogens (tertiary/aromatic N) is 3. The lowest BCUT2D eigenvalue weighted by Gasteiger charge is -2.34. The number of hydrogen-bond donors (Lipinski definition) is 0. The first kappa shape index (κ1) is 17.6. The van der Waals surface area contributed by atoms with Crippen LogP contribution in [-0.4, -0.2) is 41.0 Å². The maximum Gasteiger partial charge on any atom is 0.134 e. The molecule has 0 radical (unpaired) electrons. The van der Waals surface area contributed by atoms with E-state index in [-0.39, 0.29) is 0 Å². The molecule has 1 aliphatic rings. The summed E-state index contributed by atoms with van der Waals surface area (Å²) < 4.78 is 6.10. The van der Waals surface area contributed by atoms with Gasteiger partial charge in [0.25, 0.3) is 0 Å². The van der Waals surface area contributed by atoms with Crippen molar-refractivity contribution < 1.29 is 4.42 Å². The standard InChI is InChI=1S/C23H23N3OS/c1-2-18(14-24-6-1)15-25-7-9-26(10-8-25)16-22-13-21-12-19(3-4-23(21)27-22)20-5-11-28-17-20/h1-6,11-14,17H,7-10,15-16H2. The Labute approximate surface area is 169 Å². The van der Waals surface area contributed by atoms with Crippen LogP contribution in [0.4, 0.5) is 0 Å². The molecule has 28 heavy (non-hydrogen) atoms. The Balaban J connectivity index is 1.21. The molecule has 0 N–H and O–H groups in total. The van der Waals surface area contributed by atoms with E-state index >= 15 is 0 Å². The van der Waals surface area contributed by atoms with Gasteiger partial charge < -0.3 is 4.42 Å². The van der Waals surface area contributed by atoms with Crippen LogP contribution in [0.2, 0.25) is 0 Å². The van der Waals surface area contributed by atoms with Gasteiger partial charge in [0.15, 0.2) is 0 Å². The number of aromatic nitrogens is 1. The van der Waals surface area contributed by atoms with Gasteiger partial charge in [-0.2, -0.15) is 11.3 Å². The van der Waals surface area contributed by atoms with Crippen molar-refractivity contribution in [2.24, 2.45) is 0 Å². The Bertz CT molecular complexity index is 1030. The third kappa shape index (κ3) is 3.87. The number of rotatable bonds is 5. The van der Waals surface area contributed by atoms with Crippen LogP contribution in [0.5, 0.6) is 0 Å². The van der Waals surface area contributed by atoms with E-state index in [1.54, 1.807) is 11.3 Å². The minimum atomic E-state index is 0.878. The average molecular weight is 390 g/mol. The largest absolute Gasteiger partial charge is 0.460 e. The van der Waals surface area contributed by atoms with Gasteiger partial charge in [0.1, 0.15) is 11.3 Å². The molecule has 1 aliphatic heterocycles. The fourth-order valence-corrected chi connectivity index (χ4v) is 4.53.